The highest BCUT2D eigenvalue weighted by Crippen LogP contribution is 2.24. The minimum atomic E-state index is -1.62. The lowest BCUT2D eigenvalue weighted by molar-refractivity contribution is -0.301. The zero-order valence-electron chi connectivity index (χ0n) is 18.6. The van der Waals surface area contributed by atoms with Crippen molar-refractivity contribution in [1.82, 2.24) is 0 Å². The molecule has 2 rings (SSSR count). The van der Waals surface area contributed by atoms with E-state index in [0.717, 1.165) is 5.56 Å². The monoisotopic (exact) mass is 482 g/mol. The van der Waals surface area contributed by atoms with Crippen molar-refractivity contribution in [2.24, 2.45) is 5.92 Å². The van der Waals surface area contributed by atoms with Crippen molar-refractivity contribution in [3.8, 4) is 5.75 Å². The number of hydrogen-bond acceptors (Lipinski definition) is 10. The van der Waals surface area contributed by atoms with Crippen molar-refractivity contribution in [2.45, 2.75) is 56.9 Å². The van der Waals surface area contributed by atoms with E-state index in [1.54, 1.807) is 19.1 Å². The van der Waals surface area contributed by atoms with Gasteiger partial charge in [-0.1, -0.05) is 18.2 Å². The summed E-state index contributed by atoms with van der Waals surface area (Å²) in [5.41, 5.74) is 0.995. The number of rotatable bonds is 12. The molecule has 1 saturated heterocycles. The predicted octanol–water partition coefficient (Wildman–Crippen LogP) is -0.0717. The zero-order chi connectivity index (χ0) is 25.3. The number of carbonyl (C=O) groups excluding carboxylic acids is 2. The topological polar surface area (TPSA) is 180 Å². The third-order valence-corrected chi connectivity index (χ3v) is 5.46. The van der Waals surface area contributed by atoms with Gasteiger partial charge in [-0.3, -0.25) is 14.4 Å². The Kier molecular flexibility index (Phi) is 10.6. The molecule has 11 nitrogen and oxygen atoms in total. The number of aldehydes is 1. The summed E-state index contributed by atoms with van der Waals surface area (Å²) in [5.74, 6) is -2.77. The van der Waals surface area contributed by atoms with Crippen LogP contribution in [-0.4, -0.2) is 87.7 Å². The van der Waals surface area contributed by atoms with Gasteiger partial charge in [-0.25, -0.2) is 0 Å². The van der Waals surface area contributed by atoms with E-state index in [2.05, 4.69) is 0 Å². The fourth-order valence-corrected chi connectivity index (χ4v) is 3.50. The Morgan fingerprint density at radius 2 is 1.76 bits per heavy atom. The normalized spacial score (nSPS) is 26.0. The first-order chi connectivity index (χ1) is 16.2. The first-order valence-corrected chi connectivity index (χ1v) is 10.7. The van der Waals surface area contributed by atoms with E-state index in [1.807, 2.05) is 0 Å². The molecule has 0 radical (unpaired) electrons. The molecule has 1 heterocycles. The maximum absolute atomic E-state index is 12.2. The second kappa shape index (κ2) is 13.2. The highest BCUT2D eigenvalue weighted by atomic mass is 16.7. The molecule has 1 aromatic carbocycles. The van der Waals surface area contributed by atoms with E-state index in [1.165, 1.54) is 18.2 Å². The Hall–Kier alpha value is -2.83. The van der Waals surface area contributed by atoms with Crippen LogP contribution in [0.5, 0.6) is 5.75 Å². The summed E-state index contributed by atoms with van der Waals surface area (Å²) in [4.78, 5) is 34.4. The van der Waals surface area contributed by atoms with Crippen LogP contribution in [0.3, 0.4) is 0 Å². The number of hydrogen-bond donors (Lipinski definition) is 5. The van der Waals surface area contributed by atoms with E-state index in [-0.39, 0.29) is 24.4 Å². The lowest BCUT2D eigenvalue weighted by Crippen LogP contribution is -2.59. The van der Waals surface area contributed by atoms with Crippen molar-refractivity contribution in [3.63, 3.8) is 0 Å². The quantitative estimate of drug-likeness (QED) is 0.153. The smallest absolute Gasteiger partial charge is 0.306 e. The van der Waals surface area contributed by atoms with Crippen LogP contribution in [-0.2, 0) is 35.0 Å². The molecule has 0 aromatic heterocycles. The van der Waals surface area contributed by atoms with Gasteiger partial charge in [-0.2, -0.15) is 0 Å². The summed E-state index contributed by atoms with van der Waals surface area (Å²) < 4.78 is 16.1. The number of allylic oxidation sites excluding steroid dienone is 2. The number of aromatic hydroxyl groups is 1. The first kappa shape index (κ1) is 27.4. The van der Waals surface area contributed by atoms with Crippen molar-refractivity contribution in [1.29, 1.82) is 0 Å². The summed E-state index contributed by atoms with van der Waals surface area (Å²) >= 11 is 0. The van der Waals surface area contributed by atoms with Crippen LogP contribution in [0.4, 0.5) is 0 Å². The van der Waals surface area contributed by atoms with Gasteiger partial charge in [-0.15, -0.1) is 0 Å². The molecule has 1 aromatic rings. The largest absolute Gasteiger partial charge is 0.508 e. The molecule has 0 aliphatic carbocycles. The maximum atomic E-state index is 12.2. The summed E-state index contributed by atoms with van der Waals surface area (Å²) in [6, 6.07) is 6.42. The van der Waals surface area contributed by atoms with Gasteiger partial charge in [0.15, 0.2) is 6.29 Å². The Balaban J connectivity index is 1.91. The van der Waals surface area contributed by atoms with Crippen molar-refractivity contribution < 1.29 is 54.1 Å². The predicted molar refractivity (Wildman–Crippen MR) is 116 cm³/mol. The van der Waals surface area contributed by atoms with Crippen LogP contribution in [0.2, 0.25) is 0 Å². The number of ether oxygens (including phenoxy) is 3. The first-order valence-electron chi connectivity index (χ1n) is 10.7. The Morgan fingerprint density at radius 3 is 2.35 bits per heavy atom. The van der Waals surface area contributed by atoms with Crippen molar-refractivity contribution in [3.05, 3.63) is 41.5 Å². The summed E-state index contributed by atoms with van der Waals surface area (Å²) in [7, 11) is 0. The van der Waals surface area contributed by atoms with Crippen molar-refractivity contribution in [2.75, 3.05) is 13.2 Å². The number of benzene rings is 1. The number of esters is 1. The van der Waals surface area contributed by atoms with E-state index < -0.39 is 61.6 Å². The number of aliphatic hydroxyl groups is 3. The number of phenols is 1. The van der Waals surface area contributed by atoms with Crippen LogP contribution < -0.4 is 0 Å². The standard InChI is InChI=1S/C23H30O11/c1-2-14(11-24)15(9-18(26)27)10-19(28)33-12-17-20(29)21(30)22(31)23(34-17)32-8-7-13-3-5-16(25)6-4-13/h2-6,11,15,17,20-23,25,29-31H,7-10,12H2,1H3,(H,26,27)/t15-,17-,20-,21+,22-,23-/m1/s1. The molecule has 188 valence electrons. The average Bonchev–Trinajstić information content (AvgIpc) is 2.80. The molecule has 0 saturated carbocycles. The molecule has 1 aliphatic heterocycles. The van der Waals surface area contributed by atoms with Gasteiger partial charge < -0.3 is 39.7 Å². The molecule has 0 bridgehead atoms. The SMILES string of the molecule is CC=C(C=O)[C@H](CC(=O)O)CC(=O)OC[C@H]1O[C@@H](OCCc2ccc(O)cc2)[C@H](O)[C@@H](O)[C@@H]1O. The lowest BCUT2D eigenvalue weighted by atomic mass is 9.93. The van der Waals surface area contributed by atoms with Gasteiger partial charge in [0, 0.05) is 5.92 Å². The Labute approximate surface area is 196 Å². The average molecular weight is 482 g/mol. The lowest BCUT2D eigenvalue weighted by Gasteiger charge is -2.40. The van der Waals surface area contributed by atoms with Gasteiger partial charge in [0.25, 0.3) is 0 Å². The molecule has 1 fully saturated rings. The molecule has 0 spiro atoms. The zero-order valence-corrected chi connectivity index (χ0v) is 18.6. The number of carboxylic acid groups (broad SMARTS) is 1. The second-order valence-electron chi connectivity index (χ2n) is 7.89. The van der Waals surface area contributed by atoms with E-state index in [4.69, 9.17) is 19.3 Å². The van der Waals surface area contributed by atoms with Gasteiger partial charge in [0.1, 0.15) is 43.1 Å². The molecule has 11 heteroatoms. The second-order valence-corrected chi connectivity index (χ2v) is 7.89. The fourth-order valence-electron chi connectivity index (χ4n) is 3.50. The minimum Gasteiger partial charge on any atom is -0.508 e. The maximum Gasteiger partial charge on any atom is 0.306 e. The molecule has 1 aliphatic rings. The van der Waals surface area contributed by atoms with E-state index in [9.17, 15) is 34.8 Å². The molecule has 6 atom stereocenters. The number of carbonyl (C=O) groups is 3. The van der Waals surface area contributed by atoms with Gasteiger partial charge in [0.05, 0.1) is 19.4 Å². The molecule has 5 N–H and O–H groups in total. The molecule has 0 amide bonds. The molecular weight excluding hydrogens is 452 g/mol. The minimum absolute atomic E-state index is 0.0938. The van der Waals surface area contributed by atoms with Crippen LogP contribution in [0.15, 0.2) is 35.9 Å². The van der Waals surface area contributed by atoms with E-state index >= 15 is 0 Å². The number of aliphatic hydroxyl groups excluding tert-OH is 3. The Bertz CT molecular complexity index is 851. The highest BCUT2D eigenvalue weighted by Gasteiger charge is 2.44. The number of carboxylic acids is 1. The number of aliphatic carboxylic acids is 1. The molecule has 34 heavy (non-hydrogen) atoms. The van der Waals surface area contributed by atoms with Crippen molar-refractivity contribution >= 4 is 18.2 Å². The van der Waals surface area contributed by atoms with Crippen LogP contribution >= 0.6 is 0 Å². The molecular formula is C23H30O11. The van der Waals surface area contributed by atoms with Gasteiger partial charge >= 0.3 is 11.9 Å². The summed E-state index contributed by atoms with van der Waals surface area (Å²) in [5, 5.41) is 48.8. The Morgan fingerprint density at radius 1 is 1.09 bits per heavy atom. The van der Waals surface area contributed by atoms with Gasteiger partial charge in [0.2, 0.25) is 0 Å². The molecule has 0 unspecified atom stereocenters. The van der Waals surface area contributed by atoms with Crippen LogP contribution in [0, 0.1) is 5.92 Å². The summed E-state index contributed by atoms with van der Waals surface area (Å²) in [6.07, 6.45) is -5.78. The van der Waals surface area contributed by atoms with E-state index in [0.29, 0.717) is 12.7 Å². The van der Waals surface area contributed by atoms with Gasteiger partial charge in [-0.05, 0) is 36.6 Å². The van der Waals surface area contributed by atoms with Crippen LogP contribution in [0.25, 0.3) is 0 Å². The number of phenolic OH excluding ortho intramolecular Hbond substituents is 1. The fraction of sp³-hybridized carbons (Fsp3) is 0.522. The van der Waals surface area contributed by atoms with Crippen LogP contribution in [0.1, 0.15) is 25.3 Å². The third kappa shape index (κ3) is 7.89. The highest BCUT2D eigenvalue weighted by molar-refractivity contribution is 5.80. The summed E-state index contributed by atoms with van der Waals surface area (Å²) in [6.45, 7) is 1.15. The third-order valence-electron chi connectivity index (χ3n) is 5.46.